The van der Waals surface area contributed by atoms with E-state index in [1.165, 1.54) is 0 Å². The average molecular weight is 170 g/mol. The molecule has 0 amide bonds. The van der Waals surface area contributed by atoms with Crippen molar-refractivity contribution in [2.24, 2.45) is 11.3 Å². The van der Waals surface area contributed by atoms with Gasteiger partial charge in [-0.15, -0.1) is 0 Å². The first-order valence-electron chi connectivity index (χ1n) is 4.69. The van der Waals surface area contributed by atoms with Gasteiger partial charge in [-0.3, -0.25) is 4.79 Å². The highest BCUT2D eigenvalue weighted by Crippen LogP contribution is 2.60. The molecule has 0 aromatic rings. The molecule has 0 unspecified atom stereocenters. The van der Waals surface area contributed by atoms with E-state index < -0.39 is 5.67 Å². The molecular weight excluding hydrogens is 155 g/mol. The van der Waals surface area contributed by atoms with Crippen molar-refractivity contribution >= 4 is 5.78 Å². The van der Waals surface area contributed by atoms with E-state index in [1.54, 1.807) is 0 Å². The van der Waals surface area contributed by atoms with Crippen LogP contribution in [-0.4, -0.2) is 11.5 Å². The zero-order chi connectivity index (χ0) is 8.98. The smallest absolute Gasteiger partial charge is 0.172 e. The van der Waals surface area contributed by atoms with Gasteiger partial charge in [-0.2, -0.15) is 0 Å². The van der Waals surface area contributed by atoms with Crippen molar-refractivity contribution in [2.75, 3.05) is 0 Å². The quantitative estimate of drug-likeness (QED) is 0.546. The predicted octanol–water partition coefficient (Wildman–Crippen LogP) is 2.49. The van der Waals surface area contributed by atoms with E-state index in [9.17, 15) is 9.18 Å². The number of carbonyl (C=O) groups is 1. The Morgan fingerprint density at radius 1 is 1.50 bits per heavy atom. The largest absolute Gasteiger partial charge is 0.296 e. The second-order valence-corrected chi connectivity index (χ2v) is 4.90. The highest BCUT2D eigenvalue weighted by atomic mass is 19.1. The van der Waals surface area contributed by atoms with Crippen molar-refractivity contribution < 1.29 is 9.18 Å². The van der Waals surface area contributed by atoms with Gasteiger partial charge >= 0.3 is 0 Å². The summed E-state index contributed by atoms with van der Waals surface area (Å²) >= 11 is 0. The lowest BCUT2D eigenvalue weighted by Crippen LogP contribution is -2.62. The van der Waals surface area contributed by atoms with Crippen molar-refractivity contribution in [3.63, 3.8) is 0 Å². The van der Waals surface area contributed by atoms with Gasteiger partial charge in [0.05, 0.1) is 0 Å². The molecule has 2 heteroatoms. The summed E-state index contributed by atoms with van der Waals surface area (Å²) in [6, 6.07) is 0. The van der Waals surface area contributed by atoms with E-state index in [1.807, 2.05) is 0 Å². The Balaban J connectivity index is 2.24. The second kappa shape index (κ2) is 2.09. The Kier molecular flexibility index (Phi) is 1.43. The van der Waals surface area contributed by atoms with Crippen LogP contribution in [0.2, 0.25) is 0 Å². The number of halogens is 1. The number of rotatable bonds is 0. The minimum absolute atomic E-state index is 0.00579. The van der Waals surface area contributed by atoms with E-state index in [4.69, 9.17) is 0 Å². The third kappa shape index (κ3) is 0.810. The molecule has 0 spiro atoms. The highest BCUT2D eigenvalue weighted by molar-refractivity contribution is 5.89. The van der Waals surface area contributed by atoms with Crippen molar-refractivity contribution in [2.45, 2.75) is 45.2 Å². The van der Waals surface area contributed by atoms with Crippen LogP contribution < -0.4 is 0 Å². The van der Waals surface area contributed by atoms with Crippen LogP contribution in [0.3, 0.4) is 0 Å². The first kappa shape index (κ1) is 8.21. The molecule has 1 nitrogen and oxygen atoms in total. The molecule has 0 aliphatic heterocycles. The van der Waals surface area contributed by atoms with Gasteiger partial charge in [-0.05, 0) is 24.7 Å². The minimum atomic E-state index is -1.43. The number of hydrogen-bond donors (Lipinski definition) is 0. The first-order valence-corrected chi connectivity index (χ1v) is 4.69. The molecular formula is C10H15FO. The van der Waals surface area contributed by atoms with E-state index in [0.717, 1.165) is 12.8 Å². The van der Waals surface area contributed by atoms with Crippen LogP contribution in [0, 0.1) is 11.3 Å². The summed E-state index contributed by atoms with van der Waals surface area (Å²) in [4.78, 5) is 11.3. The number of fused-ring (bicyclic) bond motifs is 1. The molecule has 12 heavy (non-hydrogen) atoms. The Bertz CT molecular complexity index is 234. The normalized spacial score (nSPS) is 44.9. The van der Waals surface area contributed by atoms with Gasteiger partial charge in [0.15, 0.2) is 11.5 Å². The molecule has 2 atom stereocenters. The summed E-state index contributed by atoms with van der Waals surface area (Å²) < 4.78 is 13.9. The van der Waals surface area contributed by atoms with Crippen molar-refractivity contribution in [1.29, 1.82) is 0 Å². The van der Waals surface area contributed by atoms with Crippen LogP contribution in [0.4, 0.5) is 4.39 Å². The Labute approximate surface area is 72.3 Å². The number of carbonyl (C=O) groups excluding carboxylic acids is 1. The lowest BCUT2D eigenvalue weighted by Gasteiger charge is -2.57. The topological polar surface area (TPSA) is 17.1 Å². The Hall–Kier alpha value is -0.400. The third-order valence-electron chi connectivity index (χ3n) is 3.57. The summed E-state index contributed by atoms with van der Waals surface area (Å²) in [5, 5.41) is 0. The molecule has 0 aromatic carbocycles. The van der Waals surface area contributed by atoms with Gasteiger partial charge in [0, 0.05) is 12.3 Å². The lowest BCUT2D eigenvalue weighted by molar-refractivity contribution is -0.174. The maximum Gasteiger partial charge on any atom is 0.172 e. The van der Waals surface area contributed by atoms with Crippen LogP contribution in [0.1, 0.15) is 39.5 Å². The van der Waals surface area contributed by atoms with Gasteiger partial charge < -0.3 is 0 Å². The molecule has 68 valence electrons. The molecule has 0 heterocycles. The number of alkyl halides is 1. The molecule has 2 aliphatic rings. The van der Waals surface area contributed by atoms with E-state index in [2.05, 4.69) is 13.8 Å². The number of ketones is 1. The molecule has 2 aliphatic carbocycles. The monoisotopic (exact) mass is 170 g/mol. The summed E-state index contributed by atoms with van der Waals surface area (Å²) in [5.74, 6) is -0.135. The van der Waals surface area contributed by atoms with E-state index >= 15 is 0 Å². The van der Waals surface area contributed by atoms with E-state index in [-0.39, 0.29) is 17.1 Å². The molecule has 2 saturated carbocycles. The lowest BCUT2D eigenvalue weighted by atomic mass is 9.49. The van der Waals surface area contributed by atoms with Gasteiger partial charge in [-0.1, -0.05) is 13.8 Å². The minimum Gasteiger partial charge on any atom is -0.296 e. The van der Waals surface area contributed by atoms with Crippen molar-refractivity contribution in [3.05, 3.63) is 0 Å². The molecule has 0 bridgehead atoms. The molecule has 2 fully saturated rings. The Morgan fingerprint density at radius 3 is 2.67 bits per heavy atom. The van der Waals surface area contributed by atoms with E-state index in [0.29, 0.717) is 12.8 Å². The van der Waals surface area contributed by atoms with Crippen LogP contribution in [0.5, 0.6) is 0 Å². The molecule has 0 saturated heterocycles. The van der Waals surface area contributed by atoms with Crippen LogP contribution in [0.25, 0.3) is 0 Å². The van der Waals surface area contributed by atoms with Gasteiger partial charge in [-0.25, -0.2) is 4.39 Å². The van der Waals surface area contributed by atoms with Gasteiger partial charge in [0.2, 0.25) is 0 Å². The Morgan fingerprint density at radius 2 is 2.17 bits per heavy atom. The van der Waals surface area contributed by atoms with Crippen molar-refractivity contribution in [1.82, 2.24) is 0 Å². The average Bonchev–Trinajstić information content (AvgIpc) is 1.93. The maximum absolute atomic E-state index is 13.9. The summed E-state index contributed by atoms with van der Waals surface area (Å²) in [6.07, 6.45) is 2.69. The first-order chi connectivity index (χ1) is 5.47. The van der Waals surface area contributed by atoms with Gasteiger partial charge in [0.1, 0.15) is 0 Å². The zero-order valence-corrected chi connectivity index (χ0v) is 7.69. The van der Waals surface area contributed by atoms with Crippen LogP contribution in [0.15, 0.2) is 0 Å². The van der Waals surface area contributed by atoms with Crippen LogP contribution >= 0.6 is 0 Å². The molecule has 2 rings (SSSR count). The van der Waals surface area contributed by atoms with Gasteiger partial charge in [0.25, 0.3) is 0 Å². The molecule has 0 radical (unpaired) electrons. The fraction of sp³-hybridized carbons (Fsp3) is 0.900. The second-order valence-electron chi connectivity index (χ2n) is 4.90. The fourth-order valence-electron chi connectivity index (χ4n) is 2.98. The third-order valence-corrected chi connectivity index (χ3v) is 3.57. The maximum atomic E-state index is 13.9. The summed E-state index contributed by atoms with van der Waals surface area (Å²) in [5.41, 5.74) is -1.37. The molecule has 0 aromatic heterocycles. The number of Topliss-reactive ketones (excluding diaryl/α,β-unsaturated/α-hetero) is 1. The predicted molar refractivity (Wildman–Crippen MR) is 44.6 cm³/mol. The molecule has 0 N–H and O–H groups in total. The van der Waals surface area contributed by atoms with Crippen LogP contribution in [-0.2, 0) is 4.79 Å². The SMILES string of the molecule is CC1(C)C[C@@]2(F)C(=O)CCC[C@H]12. The zero-order valence-electron chi connectivity index (χ0n) is 7.69. The summed E-state index contributed by atoms with van der Waals surface area (Å²) in [7, 11) is 0. The van der Waals surface area contributed by atoms with Crippen molar-refractivity contribution in [3.8, 4) is 0 Å². The summed E-state index contributed by atoms with van der Waals surface area (Å²) in [6.45, 7) is 4.13. The number of hydrogen-bond acceptors (Lipinski definition) is 1. The standard InChI is InChI=1S/C10H15FO/c1-9(2)6-10(11)7(9)4-3-5-8(10)12/h7H,3-6H2,1-2H3/t7-,10+/m1/s1. The highest BCUT2D eigenvalue weighted by Gasteiger charge is 2.64. The fourth-order valence-corrected chi connectivity index (χ4v) is 2.98.